The van der Waals surface area contributed by atoms with Gasteiger partial charge in [-0.2, -0.15) is 4.31 Å². The Balaban J connectivity index is 2.51. The van der Waals surface area contributed by atoms with Gasteiger partial charge in [0.2, 0.25) is 15.9 Å². The summed E-state index contributed by atoms with van der Waals surface area (Å²) in [6.07, 6.45) is 1.19. The predicted octanol–water partition coefficient (Wildman–Crippen LogP) is -0.515. The second-order valence-corrected chi connectivity index (χ2v) is 5.72. The molecule has 0 radical (unpaired) electrons. The number of carbonyl (C=O) groups excluding carboxylic acids is 1. The van der Waals surface area contributed by atoms with Crippen LogP contribution < -0.4 is 0 Å². The van der Waals surface area contributed by atoms with Crippen molar-refractivity contribution < 1.29 is 13.2 Å². The summed E-state index contributed by atoms with van der Waals surface area (Å²) in [5.41, 5.74) is 0. The van der Waals surface area contributed by atoms with Gasteiger partial charge >= 0.3 is 0 Å². The highest BCUT2D eigenvalue weighted by molar-refractivity contribution is 9.09. The Bertz CT molecular complexity index is 309. The van der Waals surface area contributed by atoms with Crippen LogP contribution in [0, 0.1) is 0 Å². The van der Waals surface area contributed by atoms with Gasteiger partial charge in [0.15, 0.2) is 0 Å². The Kier molecular flexibility index (Phi) is 3.91. The number of alkyl halides is 1. The molecule has 1 amide bonds. The second-order valence-electron chi connectivity index (χ2n) is 3.18. The molecule has 1 aliphatic rings. The standard InChI is InChI=1S/C7H13BrN2O3S/c1-14(12,13)10-4-2-9(3-5-10)7(11)6-8/h2-6H2,1H3. The molecule has 7 heteroatoms. The molecule has 1 aliphatic heterocycles. The van der Waals surface area contributed by atoms with Crippen molar-refractivity contribution in [3.05, 3.63) is 0 Å². The Hall–Kier alpha value is -0.140. The number of carbonyl (C=O) groups is 1. The first-order valence-electron chi connectivity index (χ1n) is 4.24. The van der Waals surface area contributed by atoms with Gasteiger partial charge in [0, 0.05) is 26.2 Å². The van der Waals surface area contributed by atoms with Gasteiger partial charge in [-0.1, -0.05) is 15.9 Å². The minimum atomic E-state index is -3.10. The van der Waals surface area contributed by atoms with Gasteiger partial charge in [-0.3, -0.25) is 4.79 Å². The molecule has 0 atom stereocenters. The number of piperazine rings is 1. The quantitative estimate of drug-likeness (QED) is 0.642. The van der Waals surface area contributed by atoms with Crippen molar-refractivity contribution >= 4 is 31.9 Å². The predicted molar refractivity (Wildman–Crippen MR) is 56.8 cm³/mol. The third kappa shape index (κ3) is 2.93. The molecule has 0 aliphatic carbocycles. The van der Waals surface area contributed by atoms with E-state index in [1.54, 1.807) is 4.90 Å². The molecule has 1 saturated heterocycles. The molecule has 0 aromatic heterocycles. The highest BCUT2D eigenvalue weighted by atomic mass is 79.9. The maximum absolute atomic E-state index is 11.2. The molecule has 0 N–H and O–H groups in total. The molecule has 0 aromatic carbocycles. The Morgan fingerprint density at radius 1 is 1.29 bits per heavy atom. The van der Waals surface area contributed by atoms with Crippen molar-refractivity contribution in [3.8, 4) is 0 Å². The molecule has 0 unspecified atom stereocenters. The molecular formula is C7H13BrN2O3S. The lowest BCUT2D eigenvalue weighted by Gasteiger charge is -2.32. The summed E-state index contributed by atoms with van der Waals surface area (Å²) in [5.74, 6) is 0.0122. The van der Waals surface area contributed by atoms with Crippen LogP contribution in [0.25, 0.3) is 0 Å². The largest absolute Gasteiger partial charge is 0.339 e. The van der Waals surface area contributed by atoms with Crippen molar-refractivity contribution in [1.29, 1.82) is 0 Å². The van der Waals surface area contributed by atoms with E-state index in [2.05, 4.69) is 15.9 Å². The van der Waals surface area contributed by atoms with Gasteiger partial charge in [0.05, 0.1) is 11.6 Å². The number of hydrogen-bond donors (Lipinski definition) is 0. The van der Waals surface area contributed by atoms with Gasteiger partial charge in [0.25, 0.3) is 0 Å². The van der Waals surface area contributed by atoms with Crippen LogP contribution >= 0.6 is 15.9 Å². The number of sulfonamides is 1. The normalized spacial score (nSPS) is 19.7. The number of halogens is 1. The van der Waals surface area contributed by atoms with Crippen LogP contribution in [0.3, 0.4) is 0 Å². The van der Waals surface area contributed by atoms with E-state index in [-0.39, 0.29) is 5.91 Å². The highest BCUT2D eigenvalue weighted by Gasteiger charge is 2.25. The van der Waals surface area contributed by atoms with Gasteiger partial charge in [0.1, 0.15) is 0 Å². The molecule has 1 fully saturated rings. The molecular weight excluding hydrogens is 272 g/mol. The van der Waals surface area contributed by atoms with E-state index in [9.17, 15) is 13.2 Å². The number of hydrogen-bond acceptors (Lipinski definition) is 3. The molecule has 14 heavy (non-hydrogen) atoms. The summed E-state index contributed by atoms with van der Waals surface area (Å²) in [7, 11) is -3.10. The van der Waals surface area contributed by atoms with E-state index in [0.29, 0.717) is 31.5 Å². The zero-order chi connectivity index (χ0) is 10.8. The third-order valence-corrected chi connectivity index (χ3v) is 3.96. The van der Waals surface area contributed by atoms with Crippen molar-refractivity contribution in [1.82, 2.24) is 9.21 Å². The van der Waals surface area contributed by atoms with Crippen LogP contribution in [0.2, 0.25) is 0 Å². The van der Waals surface area contributed by atoms with E-state index in [0.717, 1.165) is 0 Å². The Morgan fingerprint density at radius 3 is 2.14 bits per heavy atom. The summed E-state index contributed by atoms with van der Waals surface area (Å²) in [4.78, 5) is 12.9. The van der Waals surface area contributed by atoms with Crippen LogP contribution in [0.5, 0.6) is 0 Å². The molecule has 1 heterocycles. The molecule has 5 nitrogen and oxygen atoms in total. The molecule has 0 bridgehead atoms. The fraction of sp³-hybridized carbons (Fsp3) is 0.857. The van der Waals surface area contributed by atoms with Crippen LogP contribution in [0.1, 0.15) is 0 Å². The van der Waals surface area contributed by atoms with E-state index in [1.165, 1.54) is 10.6 Å². The fourth-order valence-corrected chi connectivity index (χ4v) is 2.53. The number of amides is 1. The van der Waals surface area contributed by atoms with Crippen molar-refractivity contribution in [2.45, 2.75) is 0 Å². The minimum absolute atomic E-state index is 0.0122. The van der Waals surface area contributed by atoms with E-state index in [1.807, 2.05) is 0 Å². The van der Waals surface area contributed by atoms with E-state index < -0.39 is 10.0 Å². The number of rotatable bonds is 2. The SMILES string of the molecule is CS(=O)(=O)N1CCN(C(=O)CBr)CC1. The summed E-state index contributed by atoms with van der Waals surface area (Å²) in [6, 6.07) is 0. The summed E-state index contributed by atoms with van der Waals surface area (Å²) >= 11 is 3.08. The maximum atomic E-state index is 11.2. The van der Waals surface area contributed by atoms with Crippen molar-refractivity contribution in [2.24, 2.45) is 0 Å². The van der Waals surface area contributed by atoms with Crippen LogP contribution in [0.4, 0.5) is 0 Å². The highest BCUT2D eigenvalue weighted by Crippen LogP contribution is 2.06. The maximum Gasteiger partial charge on any atom is 0.233 e. The Labute approximate surface area is 92.2 Å². The molecule has 0 aromatic rings. The van der Waals surface area contributed by atoms with Crippen molar-refractivity contribution in [2.75, 3.05) is 37.8 Å². The van der Waals surface area contributed by atoms with Gasteiger partial charge in [-0.25, -0.2) is 8.42 Å². The number of nitrogens with zero attached hydrogens (tertiary/aromatic N) is 2. The Morgan fingerprint density at radius 2 is 1.79 bits per heavy atom. The first-order valence-corrected chi connectivity index (χ1v) is 7.21. The summed E-state index contributed by atoms with van der Waals surface area (Å²) in [6.45, 7) is 1.77. The fourth-order valence-electron chi connectivity index (χ4n) is 1.35. The average Bonchev–Trinajstić information content (AvgIpc) is 2.15. The molecule has 0 spiro atoms. The molecule has 82 valence electrons. The lowest BCUT2D eigenvalue weighted by molar-refractivity contribution is -0.129. The summed E-state index contributed by atoms with van der Waals surface area (Å²) in [5, 5.41) is 0.297. The average molecular weight is 285 g/mol. The zero-order valence-corrected chi connectivity index (χ0v) is 10.3. The zero-order valence-electron chi connectivity index (χ0n) is 7.94. The molecule has 1 rings (SSSR count). The second kappa shape index (κ2) is 4.59. The van der Waals surface area contributed by atoms with Gasteiger partial charge in [-0.15, -0.1) is 0 Å². The lowest BCUT2D eigenvalue weighted by Crippen LogP contribution is -2.50. The molecule has 0 saturated carbocycles. The topological polar surface area (TPSA) is 57.7 Å². The van der Waals surface area contributed by atoms with Crippen molar-refractivity contribution in [3.63, 3.8) is 0 Å². The third-order valence-electron chi connectivity index (χ3n) is 2.17. The smallest absolute Gasteiger partial charge is 0.233 e. The first-order chi connectivity index (χ1) is 6.45. The first kappa shape index (κ1) is 11.9. The minimum Gasteiger partial charge on any atom is -0.339 e. The van der Waals surface area contributed by atoms with Gasteiger partial charge in [-0.05, 0) is 0 Å². The van der Waals surface area contributed by atoms with Crippen LogP contribution in [0.15, 0.2) is 0 Å². The van der Waals surface area contributed by atoms with E-state index in [4.69, 9.17) is 0 Å². The summed E-state index contributed by atoms with van der Waals surface area (Å²) < 4.78 is 23.7. The van der Waals surface area contributed by atoms with E-state index >= 15 is 0 Å². The lowest BCUT2D eigenvalue weighted by atomic mass is 10.3. The van der Waals surface area contributed by atoms with Crippen LogP contribution in [-0.2, 0) is 14.8 Å². The monoisotopic (exact) mass is 284 g/mol. The van der Waals surface area contributed by atoms with Gasteiger partial charge < -0.3 is 4.90 Å². The van der Waals surface area contributed by atoms with Crippen LogP contribution in [-0.4, -0.2) is 61.3 Å².